The van der Waals surface area contributed by atoms with E-state index in [-0.39, 0.29) is 23.7 Å². The molecule has 0 fully saturated rings. The van der Waals surface area contributed by atoms with Crippen LogP contribution in [-0.2, 0) is 9.84 Å². The molecular formula is C13H14ClFO3S. The molecule has 0 unspecified atom stereocenters. The summed E-state index contributed by atoms with van der Waals surface area (Å²) in [6, 6.07) is 4.23. The number of hydrogen-bond donors (Lipinski definition) is 0. The van der Waals surface area contributed by atoms with Crippen molar-refractivity contribution in [2.75, 3.05) is 24.5 Å². The lowest BCUT2D eigenvalue weighted by molar-refractivity contribution is 0.339. The summed E-state index contributed by atoms with van der Waals surface area (Å²) in [4.78, 5) is 0. The minimum Gasteiger partial charge on any atom is -0.492 e. The van der Waals surface area contributed by atoms with Crippen LogP contribution < -0.4 is 4.74 Å². The first kappa shape index (κ1) is 15.8. The van der Waals surface area contributed by atoms with Gasteiger partial charge >= 0.3 is 0 Å². The van der Waals surface area contributed by atoms with Crippen molar-refractivity contribution in [3.63, 3.8) is 0 Å². The maximum Gasteiger partial charge on any atom is 0.150 e. The van der Waals surface area contributed by atoms with Gasteiger partial charge in [0.2, 0.25) is 0 Å². The van der Waals surface area contributed by atoms with Gasteiger partial charge in [-0.25, -0.2) is 12.8 Å². The van der Waals surface area contributed by atoms with Crippen LogP contribution in [0.5, 0.6) is 5.75 Å². The first-order valence-corrected chi connectivity index (χ1v) is 8.17. The van der Waals surface area contributed by atoms with E-state index in [1.807, 2.05) is 0 Å². The number of ether oxygens (including phenoxy) is 1. The number of rotatable bonds is 5. The molecule has 104 valence electrons. The number of sulfone groups is 1. The quantitative estimate of drug-likeness (QED) is 0.619. The van der Waals surface area contributed by atoms with Crippen molar-refractivity contribution in [2.24, 2.45) is 0 Å². The Morgan fingerprint density at radius 3 is 2.74 bits per heavy atom. The fraction of sp³-hybridized carbons (Fsp3) is 0.385. The van der Waals surface area contributed by atoms with E-state index < -0.39 is 15.7 Å². The lowest BCUT2D eigenvalue weighted by Gasteiger charge is -2.05. The monoisotopic (exact) mass is 304 g/mol. The molecule has 0 radical (unpaired) electrons. The highest BCUT2D eigenvalue weighted by molar-refractivity contribution is 7.90. The molecule has 0 bridgehead atoms. The van der Waals surface area contributed by atoms with Gasteiger partial charge in [0.05, 0.1) is 11.3 Å². The summed E-state index contributed by atoms with van der Waals surface area (Å²) in [5.74, 6) is 5.47. The molecule has 0 N–H and O–H groups in total. The zero-order valence-electron chi connectivity index (χ0n) is 10.4. The molecule has 0 aliphatic carbocycles. The third-order valence-corrected chi connectivity index (χ3v) is 3.20. The third-order valence-electron chi connectivity index (χ3n) is 2.11. The van der Waals surface area contributed by atoms with E-state index in [0.29, 0.717) is 12.3 Å². The molecule has 0 saturated carbocycles. The summed E-state index contributed by atoms with van der Waals surface area (Å²) >= 11 is 5.46. The van der Waals surface area contributed by atoms with Crippen molar-refractivity contribution in [1.82, 2.24) is 0 Å². The van der Waals surface area contributed by atoms with Gasteiger partial charge in [-0.15, -0.1) is 11.6 Å². The van der Waals surface area contributed by atoms with E-state index in [1.165, 1.54) is 12.1 Å². The Morgan fingerprint density at radius 2 is 2.16 bits per heavy atom. The second-order valence-electron chi connectivity index (χ2n) is 3.86. The second-order valence-corrected chi connectivity index (χ2v) is 6.50. The van der Waals surface area contributed by atoms with Crippen LogP contribution in [0.15, 0.2) is 18.2 Å². The van der Waals surface area contributed by atoms with Crippen LogP contribution in [0.1, 0.15) is 12.0 Å². The zero-order chi connectivity index (χ0) is 14.3. The summed E-state index contributed by atoms with van der Waals surface area (Å²) in [6.45, 7) is -0.00442. The lowest BCUT2D eigenvalue weighted by atomic mass is 10.2. The molecule has 0 spiro atoms. The van der Waals surface area contributed by atoms with Crippen molar-refractivity contribution >= 4 is 21.4 Å². The van der Waals surface area contributed by atoms with Crippen LogP contribution in [0, 0.1) is 17.7 Å². The largest absolute Gasteiger partial charge is 0.492 e. The van der Waals surface area contributed by atoms with Crippen LogP contribution in [0.25, 0.3) is 0 Å². The van der Waals surface area contributed by atoms with E-state index >= 15 is 0 Å². The first-order valence-electron chi connectivity index (χ1n) is 5.57. The van der Waals surface area contributed by atoms with Crippen LogP contribution in [0.4, 0.5) is 4.39 Å². The molecule has 19 heavy (non-hydrogen) atoms. The van der Waals surface area contributed by atoms with Gasteiger partial charge in [0.25, 0.3) is 0 Å². The van der Waals surface area contributed by atoms with Gasteiger partial charge in [-0.05, 0) is 12.1 Å². The molecule has 0 amide bonds. The average molecular weight is 305 g/mol. The minimum absolute atomic E-state index is 0.00442. The van der Waals surface area contributed by atoms with Gasteiger partial charge in [0.1, 0.15) is 18.2 Å². The van der Waals surface area contributed by atoms with Crippen LogP contribution >= 0.6 is 11.6 Å². The molecule has 0 heterocycles. The van der Waals surface area contributed by atoms with Gasteiger partial charge in [0, 0.05) is 24.6 Å². The standard InChI is InChI=1S/C13H14ClFO3S/c1-19(16,17)9-8-18-12-6-5-11(13(15)10-12)4-2-3-7-14/h5-6,10H,3,7-9H2,1H3. The fourth-order valence-corrected chi connectivity index (χ4v) is 1.68. The summed E-state index contributed by atoms with van der Waals surface area (Å²) in [5.41, 5.74) is 0.264. The number of halogens is 2. The molecule has 0 atom stereocenters. The maximum atomic E-state index is 13.6. The number of hydrogen-bond acceptors (Lipinski definition) is 3. The Bertz CT molecular complexity index is 588. The molecule has 1 aromatic rings. The van der Waals surface area contributed by atoms with Crippen molar-refractivity contribution < 1.29 is 17.5 Å². The van der Waals surface area contributed by atoms with E-state index in [1.54, 1.807) is 6.07 Å². The topological polar surface area (TPSA) is 43.4 Å². The Balaban J connectivity index is 2.65. The molecule has 6 heteroatoms. The fourth-order valence-electron chi connectivity index (χ4n) is 1.20. The van der Waals surface area contributed by atoms with Crippen molar-refractivity contribution in [2.45, 2.75) is 6.42 Å². The Labute approximate surface area is 117 Å². The minimum atomic E-state index is -3.08. The molecule has 0 aliphatic rings. The molecule has 1 aromatic carbocycles. The van der Waals surface area contributed by atoms with E-state index in [2.05, 4.69) is 11.8 Å². The van der Waals surface area contributed by atoms with Crippen LogP contribution in [-0.4, -0.2) is 32.9 Å². The van der Waals surface area contributed by atoms with Gasteiger partial charge in [-0.1, -0.05) is 11.8 Å². The van der Waals surface area contributed by atoms with Crippen molar-refractivity contribution in [3.05, 3.63) is 29.6 Å². The van der Waals surface area contributed by atoms with E-state index in [4.69, 9.17) is 16.3 Å². The van der Waals surface area contributed by atoms with Gasteiger partial charge < -0.3 is 4.74 Å². The van der Waals surface area contributed by atoms with Crippen molar-refractivity contribution in [1.29, 1.82) is 0 Å². The Hall–Kier alpha value is -1.25. The van der Waals surface area contributed by atoms with E-state index in [9.17, 15) is 12.8 Å². The SMILES string of the molecule is CS(=O)(=O)CCOc1ccc(C#CCCCl)c(F)c1. The van der Waals surface area contributed by atoms with Crippen LogP contribution in [0.2, 0.25) is 0 Å². The molecule has 0 aromatic heterocycles. The Morgan fingerprint density at radius 1 is 1.42 bits per heavy atom. The normalized spacial score (nSPS) is 10.7. The third kappa shape index (κ3) is 6.46. The van der Waals surface area contributed by atoms with Crippen molar-refractivity contribution in [3.8, 4) is 17.6 Å². The molecule has 0 saturated heterocycles. The smallest absolute Gasteiger partial charge is 0.150 e. The molecular weight excluding hydrogens is 291 g/mol. The predicted octanol–water partition coefficient (Wildman–Crippen LogP) is 2.23. The summed E-state index contributed by atoms with van der Waals surface area (Å²) < 4.78 is 40.6. The predicted molar refractivity (Wildman–Crippen MR) is 73.8 cm³/mol. The van der Waals surface area contributed by atoms with Gasteiger partial charge in [-0.3, -0.25) is 0 Å². The average Bonchev–Trinajstić information content (AvgIpc) is 2.30. The second kappa shape index (κ2) is 7.37. The lowest BCUT2D eigenvalue weighted by Crippen LogP contribution is -2.12. The van der Waals surface area contributed by atoms with E-state index in [0.717, 1.165) is 6.26 Å². The summed E-state index contributed by atoms with van der Waals surface area (Å²) in [5, 5.41) is 0. The highest BCUT2D eigenvalue weighted by Crippen LogP contribution is 2.16. The van der Waals surface area contributed by atoms with Gasteiger partial charge in [0.15, 0.2) is 9.84 Å². The first-order chi connectivity index (χ1) is 8.92. The number of benzene rings is 1. The molecule has 0 aliphatic heterocycles. The summed E-state index contributed by atoms with van der Waals surface area (Å²) in [7, 11) is -3.08. The van der Waals surface area contributed by atoms with Gasteiger partial charge in [-0.2, -0.15) is 0 Å². The molecule has 3 nitrogen and oxygen atoms in total. The molecule has 1 rings (SSSR count). The maximum absolute atomic E-state index is 13.6. The Kier molecular flexibility index (Phi) is 6.13. The zero-order valence-corrected chi connectivity index (χ0v) is 12.0. The highest BCUT2D eigenvalue weighted by Gasteiger charge is 2.05. The number of alkyl halides is 1. The van der Waals surface area contributed by atoms with Crippen LogP contribution in [0.3, 0.4) is 0 Å². The summed E-state index contributed by atoms with van der Waals surface area (Å²) in [6.07, 6.45) is 1.61. The highest BCUT2D eigenvalue weighted by atomic mass is 35.5.